The quantitative estimate of drug-likeness (QED) is 0.853. The number of halogens is 1. The number of carbonyl (C=O) groups is 2. The number of amides is 1. The number of rotatable bonds is 3. The Labute approximate surface area is 149 Å². The van der Waals surface area contributed by atoms with E-state index >= 15 is 0 Å². The van der Waals surface area contributed by atoms with Crippen molar-refractivity contribution in [2.45, 2.75) is 18.3 Å². The first-order valence-electron chi connectivity index (χ1n) is 7.79. The lowest BCUT2D eigenvalue weighted by Gasteiger charge is -2.15. The van der Waals surface area contributed by atoms with Crippen LogP contribution in [-0.2, 0) is 10.2 Å². The van der Waals surface area contributed by atoms with Crippen molar-refractivity contribution >= 4 is 29.2 Å². The number of aromatic nitrogens is 1. The first kappa shape index (κ1) is 15.9. The molecule has 6 nitrogen and oxygen atoms in total. The predicted octanol–water partition coefficient (Wildman–Crippen LogP) is 3.12. The molecule has 0 radical (unpaired) electrons. The van der Waals surface area contributed by atoms with Gasteiger partial charge in [0.25, 0.3) is 0 Å². The van der Waals surface area contributed by atoms with Gasteiger partial charge in [-0.15, -0.1) is 0 Å². The summed E-state index contributed by atoms with van der Waals surface area (Å²) in [5, 5.41) is 9.96. The molecular weight excluding hydrogens is 344 g/mol. The molecule has 1 saturated carbocycles. The minimum absolute atomic E-state index is 0.0238. The van der Waals surface area contributed by atoms with Gasteiger partial charge in [0, 0.05) is 23.9 Å². The standard InChI is InChI=1S/C18H15ClN2O4/c1-21-13-6-9(10-7-15(19)20-8-14(10)25-2)11(16(22)23)5-12(13)18(3-4-18)17(21)24/h5-8H,3-4H2,1-2H3,(H,22,23). The number of methoxy groups -OCH3 is 1. The van der Waals surface area contributed by atoms with Gasteiger partial charge in [-0.1, -0.05) is 11.6 Å². The van der Waals surface area contributed by atoms with Gasteiger partial charge in [0.05, 0.1) is 24.3 Å². The number of benzene rings is 1. The molecule has 1 fully saturated rings. The van der Waals surface area contributed by atoms with Crippen LogP contribution in [0.2, 0.25) is 5.15 Å². The van der Waals surface area contributed by atoms with Crippen molar-refractivity contribution in [1.82, 2.24) is 4.98 Å². The van der Waals surface area contributed by atoms with Crippen molar-refractivity contribution in [3.8, 4) is 16.9 Å². The maximum atomic E-state index is 12.6. The van der Waals surface area contributed by atoms with Crippen molar-refractivity contribution < 1.29 is 19.4 Å². The zero-order valence-electron chi connectivity index (χ0n) is 13.7. The van der Waals surface area contributed by atoms with Gasteiger partial charge in [-0.05, 0) is 36.6 Å². The number of fused-ring (bicyclic) bond motifs is 2. The Kier molecular flexibility index (Phi) is 3.30. The Balaban J connectivity index is 2.01. The number of pyridine rings is 1. The molecule has 0 bridgehead atoms. The number of carboxylic acid groups (broad SMARTS) is 1. The highest BCUT2D eigenvalue weighted by atomic mass is 35.5. The number of likely N-dealkylation sites (N-methyl/N-ethyl adjacent to an activating group) is 1. The molecule has 0 saturated heterocycles. The summed E-state index contributed by atoms with van der Waals surface area (Å²) >= 11 is 6.00. The SMILES string of the molecule is COc1cnc(Cl)cc1-c1cc2c(cc1C(=O)O)C1(CC1)C(=O)N2C. The van der Waals surface area contributed by atoms with Crippen molar-refractivity contribution in [3.05, 3.63) is 40.7 Å². The molecule has 2 aromatic rings. The Bertz CT molecular complexity index is 937. The van der Waals surface area contributed by atoms with E-state index in [0.29, 0.717) is 16.9 Å². The molecule has 1 N–H and O–H groups in total. The molecule has 1 spiro atoms. The first-order valence-corrected chi connectivity index (χ1v) is 8.17. The number of anilines is 1. The highest BCUT2D eigenvalue weighted by Gasteiger charge is 2.58. The summed E-state index contributed by atoms with van der Waals surface area (Å²) in [4.78, 5) is 30.0. The number of ether oxygens (including phenoxy) is 1. The van der Waals surface area contributed by atoms with Crippen LogP contribution in [0.5, 0.6) is 5.75 Å². The van der Waals surface area contributed by atoms with Crippen molar-refractivity contribution in [3.63, 3.8) is 0 Å². The Morgan fingerprint density at radius 3 is 2.64 bits per heavy atom. The number of hydrogen-bond donors (Lipinski definition) is 1. The molecule has 4 rings (SSSR count). The fraction of sp³-hybridized carbons (Fsp3) is 0.278. The Morgan fingerprint density at radius 1 is 1.32 bits per heavy atom. The maximum Gasteiger partial charge on any atom is 0.336 e. The smallest absolute Gasteiger partial charge is 0.336 e. The molecule has 2 heterocycles. The van der Waals surface area contributed by atoms with E-state index in [1.54, 1.807) is 30.1 Å². The highest BCUT2D eigenvalue weighted by Crippen LogP contribution is 2.58. The van der Waals surface area contributed by atoms with Crippen LogP contribution >= 0.6 is 11.6 Å². The second-order valence-electron chi connectivity index (χ2n) is 6.37. The zero-order valence-corrected chi connectivity index (χ0v) is 14.4. The minimum atomic E-state index is -1.06. The molecule has 1 aromatic heterocycles. The number of carbonyl (C=O) groups excluding carboxylic acids is 1. The van der Waals surface area contributed by atoms with Gasteiger partial charge in [0.15, 0.2) is 0 Å². The summed E-state index contributed by atoms with van der Waals surface area (Å²) in [5.41, 5.74) is 2.09. The van der Waals surface area contributed by atoms with Crippen LogP contribution in [0, 0.1) is 0 Å². The van der Waals surface area contributed by atoms with Crippen LogP contribution in [0.4, 0.5) is 5.69 Å². The van der Waals surface area contributed by atoms with Crippen LogP contribution in [0.3, 0.4) is 0 Å². The van der Waals surface area contributed by atoms with Crippen LogP contribution in [-0.4, -0.2) is 36.1 Å². The topological polar surface area (TPSA) is 79.7 Å². The van der Waals surface area contributed by atoms with Gasteiger partial charge in [-0.25, -0.2) is 9.78 Å². The summed E-state index contributed by atoms with van der Waals surface area (Å²) in [7, 11) is 3.20. The van der Waals surface area contributed by atoms with Crippen molar-refractivity contribution in [1.29, 1.82) is 0 Å². The van der Waals surface area contributed by atoms with E-state index in [1.165, 1.54) is 13.3 Å². The largest absolute Gasteiger partial charge is 0.494 e. The third-order valence-corrected chi connectivity index (χ3v) is 5.26. The molecular formula is C18H15ClN2O4. The lowest BCUT2D eigenvalue weighted by molar-refractivity contribution is -0.119. The van der Waals surface area contributed by atoms with Gasteiger partial charge < -0.3 is 14.7 Å². The summed E-state index contributed by atoms with van der Waals surface area (Å²) < 4.78 is 5.32. The summed E-state index contributed by atoms with van der Waals surface area (Å²) in [6.07, 6.45) is 2.96. The van der Waals surface area contributed by atoms with Gasteiger partial charge in [-0.2, -0.15) is 0 Å². The zero-order chi connectivity index (χ0) is 17.9. The molecule has 7 heteroatoms. The molecule has 0 unspecified atom stereocenters. The van der Waals surface area contributed by atoms with Crippen molar-refractivity contribution in [2.75, 3.05) is 19.1 Å². The lowest BCUT2D eigenvalue weighted by atomic mass is 9.91. The van der Waals surface area contributed by atoms with E-state index < -0.39 is 11.4 Å². The number of carboxylic acids is 1. The van der Waals surface area contributed by atoms with E-state index in [-0.39, 0.29) is 16.6 Å². The van der Waals surface area contributed by atoms with E-state index in [0.717, 1.165) is 24.1 Å². The average molecular weight is 359 g/mol. The predicted molar refractivity (Wildman–Crippen MR) is 92.5 cm³/mol. The summed E-state index contributed by atoms with van der Waals surface area (Å²) in [5.74, 6) is -0.624. The van der Waals surface area contributed by atoms with E-state index in [4.69, 9.17) is 16.3 Å². The van der Waals surface area contributed by atoms with Gasteiger partial charge in [0.2, 0.25) is 5.91 Å². The third-order valence-electron chi connectivity index (χ3n) is 5.05. The van der Waals surface area contributed by atoms with Crippen LogP contribution in [0.25, 0.3) is 11.1 Å². The molecule has 1 aromatic carbocycles. The van der Waals surface area contributed by atoms with Gasteiger partial charge in [-0.3, -0.25) is 4.79 Å². The third kappa shape index (κ3) is 2.14. The Hall–Kier alpha value is -2.60. The van der Waals surface area contributed by atoms with E-state index in [2.05, 4.69) is 4.98 Å². The lowest BCUT2D eigenvalue weighted by Crippen LogP contribution is -2.27. The number of hydrogen-bond acceptors (Lipinski definition) is 4. The fourth-order valence-corrected chi connectivity index (χ4v) is 3.75. The van der Waals surface area contributed by atoms with Crippen LogP contribution in [0.15, 0.2) is 24.4 Å². The Morgan fingerprint density at radius 2 is 2.04 bits per heavy atom. The molecule has 2 aliphatic rings. The van der Waals surface area contributed by atoms with Gasteiger partial charge >= 0.3 is 5.97 Å². The van der Waals surface area contributed by atoms with Crippen LogP contribution < -0.4 is 9.64 Å². The average Bonchev–Trinajstić information content (AvgIpc) is 3.37. The second kappa shape index (κ2) is 5.20. The molecule has 1 aliphatic heterocycles. The highest BCUT2D eigenvalue weighted by molar-refractivity contribution is 6.29. The monoisotopic (exact) mass is 358 g/mol. The number of nitrogens with zero attached hydrogens (tertiary/aromatic N) is 2. The second-order valence-corrected chi connectivity index (χ2v) is 6.76. The van der Waals surface area contributed by atoms with Crippen molar-refractivity contribution in [2.24, 2.45) is 0 Å². The fourth-order valence-electron chi connectivity index (χ4n) is 3.59. The van der Waals surface area contributed by atoms with E-state index in [1.807, 2.05) is 0 Å². The minimum Gasteiger partial charge on any atom is -0.494 e. The summed E-state index contributed by atoms with van der Waals surface area (Å²) in [6.45, 7) is 0. The molecule has 128 valence electrons. The normalized spacial score (nSPS) is 16.9. The first-order chi connectivity index (χ1) is 11.9. The molecule has 1 amide bonds. The molecule has 25 heavy (non-hydrogen) atoms. The summed E-state index contributed by atoms with van der Waals surface area (Å²) in [6, 6.07) is 4.92. The van der Waals surface area contributed by atoms with E-state index in [9.17, 15) is 14.7 Å². The number of aromatic carboxylic acids is 1. The maximum absolute atomic E-state index is 12.6. The van der Waals surface area contributed by atoms with Gasteiger partial charge in [0.1, 0.15) is 10.9 Å². The molecule has 1 aliphatic carbocycles. The molecule has 0 atom stereocenters. The van der Waals surface area contributed by atoms with Crippen LogP contribution in [0.1, 0.15) is 28.8 Å².